The van der Waals surface area contributed by atoms with Crippen LogP contribution in [0, 0.1) is 18.8 Å². The number of aryl methyl sites for hydroxylation is 1. The van der Waals surface area contributed by atoms with Crippen molar-refractivity contribution in [3.05, 3.63) is 16.1 Å². The molecule has 0 bridgehead atoms. The van der Waals surface area contributed by atoms with Crippen molar-refractivity contribution in [3.8, 4) is 0 Å². The minimum Gasteiger partial charge on any atom is -0.351 e. The Kier molecular flexibility index (Phi) is 4.56. The average Bonchev–Trinajstić information content (AvgIpc) is 2.94. The number of carbonyl (C=O) groups is 1. The molecule has 17 heavy (non-hydrogen) atoms. The van der Waals surface area contributed by atoms with Crippen LogP contribution in [0.15, 0.2) is 6.20 Å². The Bertz CT molecular complexity index is 394. The zero-order valence-electron chi connectivity index (χ0n) is 9.91. The summed E-state index contributed by atoms with van der Waals surface area (Å²) < 4.78 is 0. The SMILES string of the molecule is Cc1ncc(C(=O)NCC2CCCC2CBr)s1. The quantitative estimate of drug-likeness (QED) is 0.868. The molecule has 2 unspecified atom stereocenters. The van der Waals surface area contributed by atoms with Gasteiger partial charge in [0.1, 0.15) is 4.88 Å². The Balaban J connectivity index is 1.84. The van der Waals surface area contributed by atoms with Gasteiger partial charge in [0.25, 0.3) is 5.91 Å². The Morgan fingerprint density at radius 1 is 1.59 bits per heavy atom. The zero-order chi connectivity index (χ0) is 12.3. The molecule has 5 heteroatoms. The van der Waals surface area contributed by atoms with E-state index in [1.165, 1.54) is 30.6 Å². The first-order valence-corrected chi connectivity index (χ1v) is 7.91. The molecule has 94 valence electrons. The van der Waals surface area contributed by atoms with Crippen LogP contribution in [0.1, 0.15) is 33.9 Å². The van der Waals surface area contributed by atoms with Gasteiger partial charge in [-0.15, -0.1) is 11.3 Å². The molecule has 1 amide bonds. The summed E-state index contributed by atoms with van der Waals surface area (Å²) in [5.74, 6) is 1.38. The highest BCUT2D eigenvalue weighted by molar-refractivity contribution is 9.09. The van der Waals surface area contributed by atoms with Crippen LogP contribution in [0.3, 0.4) is 0 Å². The fourth-order valence-electron chi connectivity index (χ4n) is 2.36. The van der Waals surface area contributed by atoms with Crippen LogP contribution in [-0.4, -0.2) is 22.8 Å². The Hall–Kier alpha value is -0.420. The van der Waals surface area contributed by atoms with E-state index in [0.29, 0.717) is 5.92 Å². The smallest absolute Gasteiger partial charge is 0.263 e. The van der Waals surface area contributed by atoms with Gasteiger partial charge in [-0.05, 0) is 31.6 Å². The third-order valence-electron chi connectivity index (χ3n) is 3.38. The maximum Gasteiger partial charge on any atom is 0.263 e. The molecule has 1 aliphatic rings. The molecule has 1 aliphatic carbocycles. The number of hydrogen-bond donors (Lipinski definition) is 1. The van der Waals surface area contributed by atoms with Crippen molar-refractivity contribution >= 4 is 33.2 Å². The summed E-state index contributed by atoms with van der Waals surface area (Å²) in [6.07, 6.45) is 5.46. The molecule has 2 rings (SSSR count). The molecule has 0 spiro atoms. The number of halogens is 1. The van der Waals surface area contributed by atoms with E-state index >= 15 is 0 Å². The molecule has 0 saturated heterocycles. The van der Waals surface area contributed by atoms with Crippen molar-refractivity contribution in [1.82, 2.24) is 10.3 Å². The van der Waals surface area contributed by atoms with Crippen LogP contribution in [0.4, 0.5) is 0 Å². The minimum absolute atomic E-state index is 0.0239. The molecule has 1 heterocycles. The largest absolute Gasteiger partial charge is 0.351 e. The van der Waals surface area contributed by atoms with Gasteiger partial charge in [0.05, 0.1) is 11.2 Å². The van der Waals surface area contributed by atoms with Crippen LogP contribution >= 0.6 is 27.3 Å². The topological polar surface area (TPSA) is 42.0 Å². The molecule has 1 aromatic heterocycles. The van der Waals surface area contributed by atoms with Crippen LogP contribution in [0.2, 0.25) is 0 Å². The maximum absolute atomic E-state index is 11.9. The van der Waals surface area contributed by atoms with E-state index in [1.807, 2.05) is 6.92 Å². The molecule has 0 radical (unpaired) electrons. The van der Waals surface area contributed by atoms with Crippen molar-refractivity contribution in [2.75, 3.05) is 11.9 Å². The van der Waals surface area contributed by atoms with E-state index in [4.69, 9.17) is 0 Å². The summed E-state index contributed by atoms with van der Waals surface area (Å²) in [5, 5.41) is 5.02. The van der Waals surface area contributed by atoms with Gasteiger partial charge in [-0.2, -0.15) is 0 Å². The van der Waals surface area contributed by atoms with Crippen molar-refractivity contribution in [2.24, 2.45) is 11.8 Å². The number of carbonyl (C=O) groups excluding carboxylic acids is 1. The molecule has 1 N–H and O–H groups in total. The number of hydrogen-bond acceptors (Lipinski definition) is 3. The maximum atomic E-state index is 11.9. The van der Waals surface area contributed by atoms with Crippen LogP contribution in [-0.2, 0) is 0 Å². The second kappa shape index (κ2) is 5.96. The van der Waals surface area contributed by atoms with Crippen LogP contribution in [0.25, 0.3) is 0 Å². The van der Waals surface area contributed by atoms with Crippen molar-refractivity contribution in [3.63, 3.8) is 0 Å². The summed E-state index contributed by atoms with van der Waals surface area (Å²) >= 11 is 5.00. The Morgan fingerprint density at radius 2 is 2.35 bits per heavy atom. The number of amides is 1. The van der Waals surface area contributed by atoms with Gasteiger partial charge in [0.15, 0.2) is 0 Å². The Labute approximate surface area is 114 Å². The highest BCUT2D eigenvalue weighted by Crippen LogP contribution is 2.32. The predicted molar refractivity (Wildman–Crippen MR) is 73.8 cm³/mol. The molecular formula is C12H17BrN2OS. The highest BCUT2D eigenvalue weighted by atomic mass is 79.9. The number of nitrogens with one attached hydrogen (secondary N) is 1. The molecular weight excluding hydrogens is 300 g/mol. The Morgan fingerprint density at radius 3 is 3.00 bits per heavy atom. The van der Waals surface area contributed by atoms with Gasteiger partial charge in [0.2, 0.25) is 0 Å². The van der Waals surface area contributed by atoms with Gasteiger partial charge < -0.3 is 5.32 Å². The summed E-state index contributed by atoms with van der Waals surface area (Å²) in [6, 6.07) is 0. The third-order valence-corrected chi connectivity index (χ3v) is 5.13. The van der Waals surface area contributed by atoms with E-state index in [0.717, 1.165) is 27.7 Å². The minimum atomic E-state index is 0.0239. The lowest BCUT2D eigenvalue weighted by Crippen LogP contribution is -2.30. The van der Waals surface area contributed by atoms with Gasteiger partial charge in [-0.25, -0.2) is 4.98 Å². The molecule has 1 saturated carbocycles. The standard InChI is InChI=1S/C12H17BrN2OS/c1-8-14-7-11(17-8)12(16)15-6-10-4-2-3-9(10)5-13/h7,9-10H,2-6H2,1H3,(H,15,16). The number of nitrogens with zero attached hydrogens (tertiary/aromatic N) is 1. The molecule has 2 atom stereocenters. The lowest BCUT2D eigenvalue weighted by Gasteiger charge is -2.17. The molecule has 0 aliphatic heterocycles. The van der Waals surface area contributed by atoms with Crippen LogP contribution in [0.5, 0.6) is 0 Å². The summed E-state index contributed by atoms with van der Waals surface area (Å²) in [6.45, 7) is 2.71. The molecule has 1 aromatic rings. The second-order valence-electron chi connectivity index (χ2n) is 4.56. The third kappa shape index (κ3) is 3.28. The molecule has 0 aromatic carbocycles. The van der Waals surface area contributed by atoms with Gasteiger partial charge in [-0.1, -0.05) is 22.4 Å². The monoisotopic (exact) mass is 316 g/mol. The lowest BCUT2D eigenvalue weighted by molar-refractivity contribution is 0.0948. The van der Waals surface area contributed by atoms with E-state index < -0.39 is 0 Å². The molecule has 3 nitrogen and oxygen atoms in total. The lowest BCUT2D eigenvalue weighted by atomic mass is 9.98. The van der Waals surface area contributed by atoms with Gasteiger partial charge in [-0.3, -0.25) is 4.79 Å². The first kappa shape index (κ1) is 13.0. The fraction of sp³-hybridized carbons (Fsp3) is 0.667. The van der Waals surface area contributed by atoms with Crippen molar-refractivity contribution in [2.45, 2.75) is 26.2 Å². The molecule has 1 fully saturated rings. The normalized spacial score (nSPS) is 23.9. The summed E-state index contributed by atoms with van der Waals surface area (Å²) in [5.41, 5.74) is 0. The van der Waals surface area contributed by atoms with Crippen LogP contribution < -0.4 is 5.32 Å². The number of thiazole rings is 1. The second-order valence-corrected chi connectivity index (χ2v) is 6.44. The van der Waals surface area contributed by atoms with Crippen molar-refractivity contribution in [1.29, 1.82) is 0 Å². The van der Waals surface area contributed by atoms with E-state index in [9.17, 15) is 4.79 Å². The fourth-order valence-corrected chi connectivity index (χ4v) is 3.91. The van der Waals surface area contributed by atoms with Gasteiger partial charge >= 0.3 is 0 Å². The zero-order valence-corrected chi connectivity index (χ0v) is 12.3. The predicted octanol–water partition coefficient (Wildman–Crippen LogP) is 2.99. The average molecular weight is 317 g/mol. The summed E-state index contributed by atoms with van der Waals surface area (Å²) in [7, 11) is 0. The first-order valence-electron chi connectivity index (χ1n) is 5.97. The van der Waals surface area contributed by atoms with E-state index in [1.54, 1.807) is 6.20 Å². The summed E-state index contributed by atoms with van der Waals surface area (Å²) in [4.78, 5) is 16.7. The number of rotatable bonds is 4. The van der Waals surface area contributed by atoms with E-state index in [-0.39, 0.29) is 5.91 Å². The highest BCUT2D eigenvalue weighted by Gasteiger charge is 2.26. The van der Waals surface area contributed by atoms with E-state index in [2.05, 4.69) is 26.2 Å². The van der Waals surface area contributed by atoms with Crippen molar-refractivity contribution < 1.29 is 4.79 Å². The number of alkyl halides is 1. The number of aromatic nitrogens is 1. The van der Waals surface area contributed by atoms with Gasteiger partial charge in [0, 0.05) is 11.9 Å². The first-order chi connectivity index (χ1) is 8.20.